The predicted molar refractivity (Wildman–Crippen MR) is 180 cm³/mol. The molecule has 234 valence electrons. The molecule has 2 aliphatic carbocycles. The minimum absolute atomic E-state index is 0.0203. The summed E-state index contributed by atoms with van der Waals surface area (Å²) in [4.78, 5) is 17.1. The summed E-state index contributed by atoms with van der Waals surface area (Å²) in [5.41, 5.74) is 2.45. The number of fused-ring (bicyclic) bond motifs is 1. The highest BCUT2D eigenvalue weighted by atomic mass is 28.3. The summed E-state index contributed by atoms with van der Waals surface area (Å²) in [6.07, 6.45) is 15.0. The van der Waals surface area contributed by atoms with Crippen LogP contribution in [0.2, 0.25) is 13.1 Å². The number of ether oxygens (including phenoxy) is 2. The van der Waals surface area contributed by atoms with E-state index in [4.69, 9.17) is 13.9 Å². The van der Waals surface area contributed by atoms with E-state index in [1.54, 1.807) is 7.11 Å². The van der Waals surface area contributed by atoms with Gasteiger partial charge in [-0.3, -0.25) is 4.79 Å². The third kappa shape index (κ3) is 7.53. The van der Waals surface area contributed by atoms with Crippen molar-refractivity contribution in [1.82, 2.24) is 4.90 Å². The molecule has 1 heterocycles. The fraction of sp³-hybridized carbons (Fsp3) is 0.595. The largest absolute Gasteiger partial charge is 0.497 e. The Morgan fingerprint density at radius 2 is 1.79 bits per heavy atom. The van der Waals surface area contributed by atoms with Gasteiger partial charge >= 0.3 is 0 Å². The van der Waals surface area contributed by atoms with E-state index in [1.165, 1.54) is 32.4 Å². The van der Waals surface area contributed by atoms with E-state index < -0.39 is 14.6 Å². The first-order valence-electron chi connectivity index (χ1n) is 16.7. The highest BCUT2D eigenvalue weighted by molar-refractivity contribution is 6.48. The van der Waals surface area contributed by atoms with Crippen molar-refractivity contribution in [2.75, 3.05) is 33.4 Å². The van der Waals surface area contributed by atoms with Crippen LogP contribution in [0.5, 0.6) is 5.75 Å². The number of methoxy groups -OCH3 is 1. The van der Waals surface area contributed by atoms with Crippen molar-refractivity contribution in [3.8, 4) is 5.75 Å². The van der Waals surface area contributed by atoms with Crippen LogP contribution in [-0.4, -0.2) is 59.2 Å². The Hall–Kier alpha value is -2.25. The number of nitrogens with zero attached hydrogens (tertiary/aromatic N) is 1. The molecule has 5 rings (SSSR count). The zero-order chi connectivity index (χ0) is 30.6. The van der Waals surface area contributed by atoms with Crippen molar-refractivity contribution in [1.29, 1.82) is 0 Å². The van der Waals surface area contributed by atoms with Crippen LogP contribution >= 0.6 is 0 Å². The van der Waals surface area contributed by atoms with Crippen LogP contribution in [0.4, 0.5) is 0 Å². The lowest BCUT2D eigenvalue weighted by molar-refractivity contribution is -0.00944. The topological polar surface area (TPSA) is 48.0 Å². The van der Waals surface area contributed by atoms with E-state index in [1.807, 2.05) is 18.2 Å². The molecule has 1 saturated heterocycles. The van der Waals surface area contributed by atoms with E-state index in [0.29, 0.717) is 5.92 Å². The predicted octanol–water partition coefficient (Wildman–Crippen LogP) is 8.22. The lowest BCUT2D eigenvalue weighted by atomic mass is 9.66. The highest BCUT2D eigenvalue weighted by Crippen LogP contribution is 2.50. The Labute approximate surface area is 261 Å². The van der Waals surface area contributed by atoms with Crippen LogP contribution < -0.4 is 4.74 Å². The molecular formula is C37H53NO4Si. The van der Waals surface area contributed by atoms with Crippen molar-refractivity contribution in [2.45, 2.75) is 96.9 Å². The minimum atomic E-state index is -1.42. The van der Waals surface area contributed by atoms with Gasteiger partial charge in [0.25, 0.3) is 0 Å². The number of piperidine rings is 1. The summed E-state index contributed by atoms with van der Waals surface area (Å²) >= 11 is 0. The summed E-state index contributed by atoms with van der Waals surface area (Å²) in [5.74, 6) is 1.53. The Balaban J connectivity index is 1.43. The van der Waals surface area contributed by atoms with Gasteiger partial charge in [0, 0.05) is 17.7 Å². The molecule has 1 saturated carbocycles. The molecule has 2 aromatic carbocycles. The number of carbonyl (C=O) groups excluding carboxylic acids is 1. The van der Waals surface area contributed by atoms with Crippen molar-refractivity contribution >= 4 is 25.6 Å². The highest BCUT2D eigenvalue weighted by Gasteiger charge is 2.43. The number of rotatable bonds is 10. The third-order valence-corrected chi connectivity index (χ3v) is 10.9. The molecule has 0 N–H and O–H groups in total. The molecule has 2 aromatic rings. The van der Waals surface area contributed by atoms with Gasteiger partial charge in [-0.1, -0.05) is 57.6 Å². The summed E-state index contributed by atoms with van der Waals surface area (Å²) in [6.45, 7) is 15.7. The fourth-order valence-electron chi connectivity index (χ4n) is 7.46. The van der Waals surface area contributed by atoms with Gasteiger partial charge < -0.3 is 18.8 Å². The normalized spacial score (nSPS) is 25.2. The van der Waals surface area contributed by atoms with Crippen LogP contribution in [-0.2, 0) is 14.8 Å². The SMILES string of the molecule is COc1ccc2c(C(=O)C3=CCC(OCCN4CCCCC4)C=C3)c(C3(O[SiH](C)C)CCC(C(C)(C)C)CC3)ccc2c1. The number of ketones is 1. The maximum atomic E-state index is 14.6. The van der Waals surface area contributed by atoms with Crippen LogP contribution in [0.25, 0.3) is 10.8 Å². The molecule has 1 aliphatic heterocycles. The average Bonchev–Trinajstić information content (AvgIpc) is 3.00. The van der Waals surface area contributed by atoms with Gasteiger partial charge in [-0.25, -0.2) is 0 Å². The molecule has 5 nitrogen and oxygen atoms in total. The van der Waals surface area contributed by atoms with E-state index in [9.17, 15) is 4.79 Å². The molecule has 0 amide bonds. The number of benzene rings is 2. The van der Waals surface area contributed by atoms with Gasteiger partial charge in [-0.2, -0.15) is 0 Å². The average molecular weight is 604 g/mol. The molecule has 0 spiro atoms. The Kier molecular flexibility index (Phi) is 10.3. The zero-order valence-corrected chi connectivity index (χ0v) is 28.6. The number of likely N-dealkylation sites (tertiary alicyclic amines) is 1. The van der Waals surface area contributed by atoms with E-state index in [2.05, 4.69) is 69.1 Å². The maximum Gasteiger partial charge on any atom is 0.193 e. The second-order valence-corrected chi connectivity index (χ2v) is 16.6. The molecule has 43 heavy (non-hydrogen) atoms. The van der Waals surface area contributed by atoms with E-state index in [0.717, 1.165) is 78.5 Å². The maximum absolute atomic E-state index is 14.6. The first-order chi connectivity index (χ1) is 20.6. The van der Waals surface area contributed by atoms with Gasteiger partial charge in [0.05, 0.1) is 25.4 Å². The molecule has 1 unspecified atom stereocenters. The van der Waals surface area contributed by atoms with Gasteiger partial charge in [-0.15, -0.1) is 0 Å². The third-order valence-electron chi connectivity index (χ3n) is 9.94. The summed E-state index contributed by atoms with van der Waals surface area (Å²) in [7, 11) is 0.273. The molecule has 0 bridgehead atoms. The lowest BCUT2D eigenvalue weighted by Crippen LogP contribution is -2.41. The second-order valence-electron chi connectivity index (χ2n) is 14.3. The van der Waals surface area contributed by atoms with Crippen LogP contribution in [0.1, 0.15) is 88.1 Å². The standard InChI is InChI=1S/C37H53NO4Si/c1-36(2,3)29-18-20-37(21-19-29,42-43(5)6)33-17-12-28-26-31(40-4)15-16-32(28)34(33)35(39)27-10-13-30(14-11-27)41-25-24-38-22-8-7-9-23-38/h10-13,15-17,26,29-30,43H,7-9,14,18-25H2,1-6H3. The molecule has 1 atom stereocenters. The Morgan fingerprint density at radius 3 is 2.42 bits per heavy atom. The van der Waals surface area contributed by atoms with Crippen LogP contribution in [0, 0.1) is 11.3 Å². The first-order valence-corrected chi connectivity index (χ1v) is 19.4. The number of carbonyl (C=O) groups is 1. The van der Waals surface area contributed by atoms with Crippen molar-refractivity contribution < 1.29 is 18.7 Å². The summed E-state index contributed by atoms with van der Waals surface area (Å²) in [6, 6.07) is 10.4. The number of hydrogen-bond acceptors (Lipinski definition) is 5. The van der Waals surface area contributed by atoms with Gasteiger partial charge in [-0.05, 0) is 117 Å². The van der Waals surface area contributed by atoms with Gasteiger partial charge in [0.2, 0.25) is 0 Å². The zero-order valence-electron chi connectivity index (χ0n) is 27.4. The minimum Gasteiger partial charge on any atom is -0.497 e. The molecule has 0 aromatic heterocycles. The molecule has 3 aliphatic rings. The Bertz CT molecular complexity index is 1330. The number of hydrogen-bond donors (Lipinski definition) is 0. The monoisotopic (exact) mass is 603 g/mol. The summed E-state index contributed by atoms with van der Waals surface area (Å²) < 4.78 is 18.8. The van der Waals surface area contributed by atoms with E-state index in [-0.39, 0.29) is 17.3 Å². The first kappa shape index (κ1) is 32.1. The molecule has 0 radical (unpaired) electrons. The molecule has 6 heteroatoms. The van der Waals surface area contributed by atoms with Crippen molar-refractivity contribution in [3.63, 3.8) is 0 Å². The van der Waals surface area contributed by atoms with Gasteiger partial charge in [0.15, 0.2) is 14.8 Å². The lowest BCUT2D eigenvalue weighted by Gasteiger charge is -2.46. The number of allylic oxidation sites excluding steroid dienone is 2. The quantitative estimate of drug-likeness (QED) is 0.202. The van der Waals surface area contributed by atoms with Gasteiger partial charge in [0.1, 0.15) is 5.75 Å². The Morgan fingerprint density at radius 1 is 1.05 bits per heavy atom. The van der Waals surface area contributed by atoms with Crippen molar-refractivity contribution in [3.05, 3.63) is 65.3 Å². The van der Waals surface area contributed by atoms with Crippen LogP contribution in [0.15, 0.2) is 54.1 Å². The number of Topliss-reactive ketones (excluding diaryl/α,β-unsaturated/α-hetero) is 1. The molecular weight excluding hydrogens is 550 g/mol. The summed E-state index contributed by atoms with van der Waals surface area (Å²) in [5, 5.41) is 2.00. The smallest absolute Gasteiger partial charge is 0.193 e. The molecule has 2 fully saturated rings. The van der Waals surface area contributed by atoms with Crippen molar-refractivity contribution in [2.24, 2.45) is 11.3 Å². The van der Waals surface area contributed by atoms with E-state index >= 15 is 0 Å². The van der Waals surface area contributed by atoms with Crippen LogP contribution in [0.3, 0.4) is 0 Å². The second kappa shape index (κ2) is 13.8. The fourth-order valence-corrected chi connectivity index (χ4v) is 8.73.